The van der Waals surface area contributed by atoms with Gasteiger partial charge in [-0.05, 0) is 18.2 Å². The van der Waals surface area contributed by atoms with E-state index in [-0.39, 0.29) is 17.4 Å². The van der Waals surface area contributed by atoms with E-state index in [1.807, 2.05) is 0 Å². The quantitative estimate of drug-likeness (QED) is 0.671. The lowest BCUT2D eigenvalue weighted by Crippen LogP contribution is -1.86. The van der Waals surface area contributed by atoms with Gasteiger partial charge >= 0.3 is 0 Å². The van der Waals surface area contributed by atoms with Gasteiger partial charge in [0.2, 0.25) is 5.82 Å². The number of benzene rings is 1. The third kappa shape index (κ3) is 2.08. The number of rotatable bonds is 2. The molecule has 0 aliphatic heterocycles. The molecule has 3 rings (SSSR count). The molecule has 19 heavy (non-hydrogen) atoms. The lowest BCUT2D eigenvalue weighted by molar-refractivity contribution is 0.402. The van der Waals surface area contributed by atoms with E-state index in [0.717, 1.165) is 0 Å². The van der Waals surface area contributed by atoms with Crippen LogP contribution in [0.3, 0.4) is 0 Å². The van der Waals surface area contributed by atoms with Gasteiger partial charge in [0.25, 0.3) is 5.89 Å². The summed E-state index contributed by atoms with van der Waals surface area (Å²) >= 11 is 0. The van der Waals surface area contributed by atoms with E-state index in [0.29, 0.717) is 17.1 Å². The topological polar surface area (TPSA) is 105 Å². The van der Waals surface area contributed by atoms with Crippen LogP contribution in [0.15, 0.2) is 41.3 Å². The highest BCUT2D eigenvalue weighted by atomic mass is 16.5. The van der Waals surface area contributed by atoms with E-state index >= 15 is 0 Å². The van der Waals surface area contributed by atoms with Crippen molar-refractivity contribution in [3.8, 4) is 34.5 Å². The van der Waals surface area contributed by atoms with Gasteiger partial charge in [0.05, 0.1) is 6.20 Å². The second-order valence-corrected chi connectivity index (χ2v) is 3.72. The molecule has 3 aromatic rings. The smallest absolute Gasteiger partial charge is 0.258 e. The largest absolute Gasteiger partial charge is 0.504 e. The van der Waals surface area contributed by atoms with Crippen LogP contribution in [-0.2, 0) is 0 Å². The fourth-order valence-corrected chi connectivity index (χ4v) is 1.52. The zero-order chi connectivity index (χ0) is 13.2. The number of hydrogen-bond acceptors (Lipinski definition) is 7. The van der Waals surface area contributed by atoms with Crippen LogP contribution in [0.5, 0.6) is 11.5 Å². The van der Waals surface area contributed by atoms with Gasteiger partial charge in [0.1, 0.15) is 5.69 Å². The van der Waals surface area contributed by atoms with Gasteiger partial charge in [-0.15, -0.1) is 0 Å². The average Bonchev–Trinajstić information content (AvgIpc) is 2.93. The first-order valence-corrected chi connectivity index (χ1v) is 5.36. The number of phenolic OH excluding ortho intramolecular Hbond substituents is 2. The summed E-state index contributed by atoms with van der Waals surface area (Å²) in [7, 11) is 0. The maximum absolute atomic E-state index is 9.42. The molecule has 94 valence electrons. The molecule has 2 N–H and O–H groups in total. The molecule has 2 heterocycles. The molecule has 0 unspecified atom stereocenters. The second-order valence-electron chi connectivity index (χ2n) is 3.72. The summed E-state index contributed by atoms with van der Waals surface area (Å²) in [4.78, 5) is 12.1. The normalized spacial score (nSPS) is 10.5. The molecule has 2 aromatic heterocycles. The minimum Gasteiger partial charge on any atom is -0.504 e. The minimum absolute atomic E-state index is 0.211. The molecular formula is C12H8N4O3. The Hall–Kier alpha value is -2.96. The summed E-state index contributed by atoms with van der Waals surface area (Å²) in [6.07, 6.45) is 4.59. The van der Waals surface area contributed by atoms with E-state index in [1.54, 1.807) is 12.3 Å². The Balaban J connectivity index is 1.99. The standard InChI is InChI=1S/C12H8N4O3/c17-9-2-1-7(5-10(9)18)12-15-11(16-19-12)8-6-13-3-4-14-8/h1-6,17-18H. The van der Waals surface area contributed by atoms with Crippen LogP contribution in [0.4, 0.5) is 0 Å². The minimum atomic E-state index is -0.253. The van der Waals surface area contributed by atoms with E-state index in [2.05, 4.69) is 20.1 Å². The molecule has 0 aliphatic carbocycles. The molecule has 7 heteroatoms. The molecule has 0 bridgehead atoms. The van der Waals surface area contributed by atoms with Crippen LogP contribution in [0, 0.1) is 0 Å². The van der Waals surface area contributed by atoms with Crippen molar-refractivity contribution < 1.29 is 14.7 Å². The summed E-state index contributed by atoms with van der Waals surface area (Å²) in [5.74, 6) is 0.0563. The third-order valence-electron chi connectivity index (χ3n) is 2.44. The monoisotopic (exact) mass is 256 g/mol. The number of phenols is 2. The Morgan fingerprint density at radius 1 is 1.05 bits per heavy atom. The van der Waals surface area contributed by atoms with Gasteiger partial charge in [-0.25, -0.2) is 4.98 Å². The maximum Gasteiger partial charge on any atom is 0.258 e. The van der Waals surface area contributed by atoms with Crippen molar-refractivity contribution in [1.82, 2.24) is 20.1 Å². The zero-order valence-corrected chi connectivity index (χ0v) is 9.56. The Bertz CT molecular complexity index is 712. The van der Waals surface area contributed by atoms with Crippen LogP contribution in [-0.4, -0.2) is 30.3 Å². The van der Waals surface area contributed by atoms with E-state index in [4.69, 9.17) is 4.52 Å². The lowest BCUT2D eigenvalue weighted by atomic mass is 10.2. The fraction of sp³-hybridized carbons (Fsp3) is 0. The molecule has 0 atom stereocenters. The van der Waals surface area contributed by atoms with Gasteiger partial charge in [-0.2, -0.15) is 4.98 Å². The Morgan fingerprint density at radius 2 is 1.95 bits per heavy atom. The summed E-state index contributed by atoms with van der Waals surface area (Å²) in [5.41, 5.74) is 0.985. The van der Waals surface area contributed by atoms with Crippen molar-refractivity contribution in [1.29, 1.82) is 0 Å². The Labute approximate surface area is 107 Å². The summed E-state index contributed by atoms with van der Waals surface area (Å²) in [6.45, 7) is 0. The van der Waals surface area contributed by atoms with Crippen molar-refractivity contribution in [3.05, 3.63) is 36.8 Å². The average molecular weight is 256 g/mol. The first-order valence-electron chi connectivity index (χ1n) is 5.36. The van der Waals surface area contributed by atoms with Crippen molar-refractivity contribution in [2.45, 2.75) is 0 Å². The Morgan fingerprint density at radius 3 is 2.68 bits per heavy atom. The predicted octanol–water partition coefficient (Wildman–Crippen LogP) is 1.60. The van der Waals surface area contributed by atoms with Crippen LogP contribution in [0.25, 0.3) is 23.0 Å². The molecule has 0 aliphatic rings. The number of aromatic hydroxyl groups is 2. The molecule has 0 amide bonds. The van der Waals surface area contributed by atoms with Gasteiger partial charge in [0, 0.05) is 18.0 Å². The molecule has 0 radical (unpaired) electrons. The third-order valence-corrected chi connectivity index (χ3v) is 2.44. The predicted molar refractivity (Wildman–Crippen MR) is 64.1 cm³/mol. The molecule has 1 aromatic carbocycles. The summed E-state index contributed by atoms with van der Waals surface area (Å²) < 4.78 is 5.08. The fourth-order valence-electron chi connectivity index (χ4n) is 1.52. The van der Waals surface area contributed by atoms with Crippen LogP contribution < -0.4 is 0 Å². The molecule has 7 nitrogen and oxygen atoms in total. The highest BCUT2D eigenvalue weighted by Crippen LogP contribution is 2.30. The van der Waals surface area contributed by atoms with Gasteiger partial charge < -0.3 is 14.7 Å². The first kappa shape index (κ1) is 11.1. The van der Waals surface area contributed by atoms with Crippen molar-refractivity contribution in [2.24, 2.45) is 0 Å². The first-order chi connectivity index (χ1) is 9.24. The summed E-state index contributed by atoms with van der Waals surface area (Å²) in [6, 6.07) is 4.24. The second kappa shape index (κ2) is 4.37. The van der Waals surface area contributed by atoms with Crippen LogP contribution in [0.2, 0.25) is 0 Å². The van der Waals surface area contributed by atoms with Crippen molar-refractivity contribution in [2.75, 3.05) is 0 Å². The van der Waals surface area contributed by atoms with Crippen LogP contribution >= 0.6 is 0 Å². The molecule has 0 saturated heterocycles. The summed E-state index contributed by atoms with van der Waals surface area (Å²) in [5, 5.41) is 22.4. The highest BCUT2D eigenvalue weighted by Gasteiger charge is 2.12. The van der Waals surface area contributed by atoms with Gasteiger partial charge in [-0.1, -0.05) is 5.16 Å². The lowest BCUT2D eigenvalue weighted by Gasteiger charge is -1.98. The van der Waals surface area contributed by atoms with E-state index in [9.17, 15) is 10.2 Å². The van der Waals surface area contributed by atoms with Gasteiger partial charge in [-0.3, -0.25) is 4.98 Å². The molecule has 0 spiro atoms. The molecule has 0 saturated carbocycles. The maximum atomic E-state index is 9.42. The number of hydrogen-bond donors (Lipinski definition) is 2. The number of aromatic nitrogens is 4. The van der Waals surface area contributed by atoms with Gasteiger partial charge in [0.15, 0.2) is 11.5 Å². The SMILES string of the molecule is Oc1ccc(-c2nc(-c3cnccn3)no2)cc1O. The Kier molecular flexibility index (Phi) is 2.57. The van der Waals surface area contributed by atoms with E-state index in [1.165, 1.54) is 24.5 Å². The number of nitrogens with zero attached hydrogens (tertiary/aromatic N) is 4. The molecule has 0 fully saturated rings. The van der Waals surface area contributed by atoms with Crippen molar-refractivity contribution in [3.63, 3.8) is 0 Å². The zero-order valence-electron chi connectivity index (χ0n) is 9.56. The van der Waals surface area contributed by atoms with E-state index < -0.39 is 0 Å². The highest BCUT2D eigenvalue weighted by molar-refractivity contribution is 5.61. The van der Waals surface area contributed by atoms with Crippen molar-refractivity contribution >= 4 is 0 Å². The van der Waals surface area contributed by atoms with Crippen LogP contribution in [0.1, 0.15) is 0 Å². The molecular weight excluding hydrogens is 248 g/mol.